The summed E-state index contributed by atoms with van der Waals surface area (Å²) in [5.74, 6) is -0.304. The van der Waals surface area contributed by atoms with Crippen molar-refractivity contribution in [1.82, 2.24) is 4.98 Å². The van der Waals surface area contributed by atoms with Crippen LogP contribution in [0.25, 0.3) is 11.1 Å². The molecule has 0 amide bonds. The quantitative estimate of drug-likeness (QED) is 0.864. The zero-order valence-electron chi connectivity index (χ0n) is 15.1. The third-order valence-corrected chi connectivity index (χ3v) is 5.01. The highest BCUT2D eigenvalue weighted by atomic mass is 16.5. The number of aliphatic hydroxyl groups excluding tert-OH is 1. The van der Waals surface area contributed by atoms with Gasteiger partial charge in [-0.1, -0.05) is 30.3 Å². The molecule has 0 radical (unpaired) electrons. The largest absolute Gasteiger partial charge is 0.462 e. The molecule has 1 N–H and O–H groups in total. The second-order valence-electron chi connectivity index (χ2n) is 6.87. The maximum absolute atomic E-state index is 11.6. The Labute approximate surface area is 148 Å². The number of pyridine rings is 1. The minimum atomic E-state index is -0.584. The SMILES string of the molecule is Cc1nc(C)c(CCC2CC(O)CC(=O)O2)c(-c2ccccc2)c1C. The second-order valence-corrected chi connectivity index (χ2v) is 6.87. The lowest BCUT2D eigenvalue weighted by atomic mass is 9.89. The van der Waals surface area contributed by atoms with E-state index in [2.05, 4.69) is 19.1 Å². The fourth-order valence-electron chi connectivity index (χ4n) is 3.64. The summed E-state index contributed by atoms with van der Waals surface area (Å²) in [6.07, 6.45) is 1.29. The van der Waals surface area contributed by atoms with Gasteiger partial charge in [-0.2, -0.15) is 0 Å². The third-order valence-electron chi connectivity index (χ3n) is 5.01. The number of hydrogen-bond donors (Lipinski definition) is 1. The highest BCUT2D eigenvalue weighted by Crippen LogP contribution is 2.32. The first kappa shape index (κ1) is 17.6. The Balaban J connectivity index is 1.90. The summed E-state index contributed by atoms with van der Waals surface area (Å²) < 4.78 is 5.40. The number of ether oxygens (including phenoxy) is 1. The predicted molar refractivity (Wildman–Crippen MR) is 97.3 cm³/mol. The van der Waals surface area contributed by atoms with E-state index in [0.717, 1.165) is 17.8 Å². The summed E-state index contributed by atoms with van der Waals surface area (Å²) in [5.41, 5.74) is 6.86. The van der Waals surface area contributed by atoms with Gasteiger partial charge in [0.05, 0.1) is 12.5 Å². The monoisotopic (exact) mass is 339 g/mol. The van der Waals surface area contributed by atoms with Crippen molar-refractivity contribution in [2.24, 2.45) is 0 Å². The lowest BCUT2D eigenvalue weighted by Crippen LogP contribution is -2.32. The normalized spacial score (nSPS) is 20.4. The van der Waals surface area contributed by atoms with E-state index in [1.54, 1.807) is 0 Å². The molecular formula is C21H25NO3. The average molecular weight is 339 g/mol. The number of carbonyl (C=O) groups is 1. The van der Waals surface area contributed by atoms with Crippen LogP contribution >= 0.6 is 0 Å². The van der Waals surface area contributed by atoms with Gasteiger partial charge in [-0.25, -0.2) is 0 Å². The zero-order valence-corrected chi connectivity index (χ0v) is 15.1. The molecule has 2 unspecified atom stereocenters. The van der Waals surface area contributed by atoms with Gasteiger partial charge < -0.3 is 9.84 Å². The van der Waals surface area contributed by atoms with E-state index < -0.39 is 6.10 Å². The maximum atomic E-state index is 11.6. The van der Waals surface area contributed by atoms with Gasteiger partial charge in [-0.3, -0.25) is 9.78 Å². The Bertz CT molecular complexity index is 770. The molecule has 132 valence electrons. The molecule has 0 spiro atoms. The standard InChI is InChI=1S/C21H25NO3/c1-13-14(2)22-15(3)19(21(13)16-7-5-4-6-8-16)10-9-18-11-17(23)12-20(24)25-18/h4-8,17-18,23H,9-12H2,1-3H3. The van der Waals surface area contributed by atoms with Crippen LogP contribution in [0.15, 0.2) is 30.3 Å². The van der Waals surface area contributed by atoms with E-state index in [-0.39, 0.29) is 18.5 Å². The number of carbonyl (C=O) groups excluding carboxylic acids is 1. The molecule has 3 rings (SSSR count). The number of nitrogens with zero attached hydrogens (tertiary/aromatic N) is 1. The zero-order chi connectivity index (χ0) is 18.0. The van der Waals surface area contributed by atoms with E-state index in [0.29, 0.717) is 12.8 Å². The van der Waals surface area contributed by atoms with Gasteiger partial charge in [0.15, 0.2) is 0 Å². The lowest BCUT2D eigenvalue weighted by Gasteiger charge is -2.26. The molecule has 0 saturated carbocycles. The summed E-state index contributed by atoms with van der Waals surface area (Å²) in [4.78, 5) is 16.3. The number of benzene rings is 1. The van der Waals surface area contributed by atoms with Crippen molar-refractivity contribution in [3.63, 3.8) is 0 Å². The molecule has 4 nitrogen and oxygen atoms in total. The van der Waals surface area contributed by atoms with Gasteiger partial charge in [-0.05, 0) is 55.9 Å². The first-order valence-corrected chi connectivity index (χ1v) is 8.85. The van der Waals surface area contributed by atoms with Crippen LogP contribution in [-0.2, 0) is 16.0 Å². The minimum absolute atomic E-state index is 0.107. The van der Waals surface area contributed by atoms with Crippen LogP contribution in [0.5, 0.6) is 0 Å². The van der Waals surface area contributed by atoms with Crippen LogP contribution in [0.1, 0.15) is 41.8 Å². The minimum Gasteiger partial charge on any atom is -0.462 e. The highest BCUT2D eigenvalue weighted by Gasteiger charge is 2.27. The average Bonchev–Trinajstić information content (AvgIpc) is 2.57. The number of esters is 1. The number of aliphatic hydroxyl groups is 1. The number of cyclic esters (lactones) is 1. The third kappa shape index (κ3) is 3.90. The molecule has 1 aromatic carbocycles. The topological polar surface area (TPSA) is 59.4 Å². The van der Waals surface area contributed by atoms with Gasteiger partial charge >= 0.3 is 5.97 Å². The molecule has 1 aromatic heterocycles. The molecule has 0 aliphatic carbocycles. The van der Waals surface area contributed by atoms with Crippen LogP contribution in [0.2, 0.25) is 0 Å². The molecule has 1 saturated heterocycles. The number of aromatic nitrogens is 1. The Morgan fingerprint density at radius 2 is 1.88 bits per heavy atom. The van der Waals surface area contributed by atoms with Crippen molar-refractivity contribution in [3.05, 3.63) is 52.8 Å². The van der Waals surface area contributed by atoms with Gasteiger partial charge in [-0.15, -0.1) is 0 Å². The molecule has 2 aromatic rings. The maximum Gasteiger partial charge on any atom is 0.308 e. The predicted octanol–water partition coefficient (Wildman–Crippen LogP) is 3.67. The van der Waals surface area contributed by atoms with Crippen molar-refractivity contribution >= 4 is 5.97 Å². The van der Waals surface area contributed by atoms with Crippen LogP contribution in [0, 0.1) is 20.8 Å². The van der Waals surface area contributed by atoms with Crippen molar-refractivity contribution in [2.75, 3.05) is 0 Å². The smallest absolute Gasteiger partial charge is 0.308 e. The summed E-state index contributed by atoms with van der Waals surface area (Å²) in [6.45, 7) is 6.19. The number of rotatable bonds is 4. The Morgan fingerprint density at radius 3 is 2.56 bits per heavy atom. The molecule has 1 aliphatic heterocycles. The van der Waals surface area contributed by atoms with Crippen LogP contribution in [-0.4, -0.2) is 28.3 Å². The first-order chi connectivity index (χ1) is 12.0. The first-order valence-electron chi connectivity index (χ1n) is 8.85. The van der Waals surface area contributed by atoms with Crippen molar-refractivity contribution in [3.8, 4) is 11.1 Å². The molecular weight excluding hydrogens is 314 g/mol. The molecule has 4 heteroatoms. The van der Waals surface area contributed by atoms with E-state index in [4.69, 9.17) is 9.72 Å². The van der Waals surface area contributed by atoms with Gasteiger partial charge in [0.2, 0.25) is 0 Å². The summed E-state index contributed by atoms with van der Waals surface area (Å²) in [5, 5.41) is 9.80. The molecule has 1 aliphatic rings. The molecule has 25 heavy (non-hydrogen) atoms. The van der Waals surface area contributed by atoms with Gasteiger partial charge in [0.25, 0.3) is 0 Å². The van der Waals surface area contributed by atoms with Crippen LogP contribution in [0.3, 0.4) is 0 Å². The molecule has 2 atom stereocenters. The lowest BCUT2D eigenvalue weighted by molar-refractivity contribution is -0.160. The fourth-order valence-corrected chi connectivity index (χ4v) is 3.64. The van der Waals surface area contributed by atoms with Crippen molar-refractivity contribution in [1.29, 1.82) is 0 Å². The van der Waals surface area contributed by atoms with E-state index in [1.165, 1.54) is 22.3 Å². The van der Waals surface area contributed by atoms with Gasteiger partial charge in [0, 0.05) is 17.8 Å². The Kier molecular flexibility index (Phi) is 5.19. The Morgan fingerprint density at radius 1 is 1.16 bits per heavy atom. The summed E-state index contributed by atoms with van der Waals surface area (Å²) in [6, 6.07) is 10.3. The molecule has 2 heterocycles. The molecule has 1 fully saturated rings. The molecule has 0 bridgehead atoms. The highest BCUT2D eigenvalue weighted by molar-refractivity contribution is 5.72. The second kappa shape index (κ2) is 7.36. The van der Waals surface area contributed by atoms with Crippen molar-refractivity contribution in [2.45, 2.75) is 58.7 Å². The van der Waals surface area contributed by atoms with Crippen molar-refractivity contribution < 1.29 is 14.6 Å². The van der Waals surface area contributed by atoms with Gasteiger partial charge in [0.1, 0.15) is 6.10 Å². The number of hydrogen-bond acceptors (Lipinski definition) is 4. The van der Waals surface area contributed by atoms with Crippen LogP contribution < -0.4 is 0 Å². The Hall–Kier alpha value is -2.20. The fraction of sp³-hybridized carbons (Fsp3) is 0.429. The number of aryl methyl sites for hydroxylation is 2. The van der Waals surface area contributed by atoms with E-state index >= 15 is 0 Å². The summed E-state index contributed by atoms with van der Waals surface area (Å²) >= 11 is 0. The van der Waals surface area contributed by atoms with Crippen LogP contribution in [0.4, 0.5) is 0 Å². The van der Waals surface area contributed by atoms with E-state index in [1.807, 2.05) is 32.0 Å². The summed E-state index contributed by atoms with van der Waals surface area (Å²) in [7, 11) is 0. The van der Waals surface area contributed by atoms with E-state index in [9.17, 15) is 9.90 Å².